The average Bonchev–Trinajstić information content (AvgIpc) is 2.38. The van der Waals surface area contributed by atoms with Crippen LogP contribution in [0.4, 0.5) is 0 Å². The molecule has 0 saturated heterocycles. The summed E-state index contributed by atoms with van der Waals surface area (Å²) in [5.41, 5.74) is -0.148. The molecule has 2 rings (SSSR count). The summed E-state index contributed by atoms with van der Waals surface area (Å²) in [6.07, 6.45) is 12.5. The summed E-state index contributed by atoms with van der Waals surface area (Å²) in [5, 5.41) is 11.2. The lowest BCUT2D eigenvalue weighted by atomic mass is 9.76. The Hall–Kier alpha value is -1.14. The van der Waals surface area contributed by atoms with E-state index in [-0.39, 0.29) is 10.9 Å². The molecule has 0 amide bonds. The quantitative estimate of drug-likeness (QED) is 0.458. The minimum absolute atomic E-state index is 0.182. The minimum atomic E-state index is -2.56. The lowest BCUT2D eigenvalue weighted by Gasteiger charge is -2.34. The first kappa shape index (κ1) is 13.3. The van der Waals surface area contributed by atoms with Gasteiger partial charge in [0.1, 0.15) is 6.20 Å². The van der Waals surface area contributed by atoms with Crippen LogP contribution in [-0.4, -0.2) is 19.3 Å². The third kappa shape index (κ3) is 2.22. The van der Waals surface area contributed by atoms with Crippen LogP contribution in [0, 0.1) is 10.6 Å². The highest BCUT2D eigenvalue weighted by Gasteiger charge is 2.37. The lowest BCUT2D eigenvalue weighted by Crippen LogP contribution is -3.06. The fourth-order valence-corrected chi connectivity index (χ4v) is 3.14. The Morgan fingerprint density at radius 2 is 2.17 bits per heavy atom. The largest absolute Gasteiger partial charge is 0.623 e. The van der Waals surface area contributed by atoms with Crippen LogP contribution < -0.4 is 5.06 Å². The van der Waals surface area contributed by atoms with Crippen LogP contribution in [0.2, 0.25) is 0 Å². The molecule has 1 aliphatic carbocycles. The van der Waals surface area contributed by atoms with Gasteiger partial charge in [-0.25, -0.2) is 0 Å². The molecule has 2 atom stereocenters. The van der Waals surface area contributed by atoms with E-state index in [0.29, 0.717) is 12.0 Å². The Kier molecular flexibility index (Phi) is 3.87. The molecule has 0 aromatic carbocycles. The Morgan fingerprint density at radius 1 is 1.39 bits per heavy atom. The molecule has 6 heteroatoms. The van der Waals surface area contributed by atoms with Gasteiger partial charge in [-0.1, -0.05) is 24.3 Å². The van der Waals surface area contributed by atoms with Gasteiger partial charge in [0.25, 0.3) is 15.3 Å². The summed E-state index contributed by atoms with van der Waals surface area (Å²) in [4.78, 5) is -0.182. The number of quaternary nitrogens is 1. The van der Waals surface area contributed by atoms with Gasteiger partial charge in [0.2, 0.25) is 0 Å². The van der Waals surface area contributed by atoms with Gasteiger partial charge in [-0.2, -0.15) is 8.42 Å². The molecule has 0 bridgehead atoms. The zero-order chi connectivity index (χ0) is 13.2. The predicted octanol–water partition coefficient (Wildman–Crippen LogP) is 0.573. The summed E-state index contributed by atoms with van der Waals surface area (Å²) in [7, 11) is -2.56. The second kappa shape index (κ2) is 5.24. The standard InChI is InChI=1S/C12H12ClNO3S/c13-9-12(6-2-1-3-7-12)10-5-4-8-14(15)11(10)18(16)17/h1-6,8,14H,7,9H2. The number of nitrogens with one attached hydrogen (secondary N) is 1. The van der Waals surface area contributed by atoms with E-state index in [1.807, 2.05) is 24.3 Å². The first-order valence-corrected chi connectivity index (χ1v) is 7.02. The van der Waals surface area contributed by atoms with Crippen LogP contribution in [0.25, 0.3) is 0 Å². The molecule has 18 heavy (non-hydrogen) atoms. The molecule has 96 valence electrons. The third-order valence-corrected chi connectivity index (χ3v) is 4.30. The van der Waals surface area contributed by atoms with Crippen LogP contribution >= 0.6 is 11.6 Å². The van der Waals surface area contributed by atoms with E-state index in [4.69, 9.17) is 11.6 Å². The van der Waals surface area contributed by atoms with Gasteiger partial charge >= 0.3 is 0 Å². The highest BCUT2D eigenvalue weighted by molar-refractivity contribution is 7.73. The molecule has 4 nitrogen and oxygen atoms in total. The summed E-state index contributed by atoms with van der Waals surface area (Å²) in [6.45, 7) is 0. The third-order valence-electron chi connectivity index (χ3n) is 3.06. The maximum Gasteiger partial charge on any atom is 0.277 e. The van der Waals surface area contributed by atoms with Crippen molar-refractivity contribution in [1.82, 2.24) is 0 Å². The van der Waals surface area contributed by atoms with Crippen molar-refractivity contribution in [1.29, 1.82) is 0 Å². The normalized spacial score (nSPS) is 30.4. The van der Waals surface area contributed by atoms with Crippen LogP contribution in [0.3, 0.4) is 0 Å². The molecule has 2 aliphatic rings. The molecule has 0 saturated carbocycles. The van der Waals surface area contributed by atoms with Gasteiger partial charge in [-0.05, 0) is 18.6 Å². The van der Waals surface area contributed by atoms with E-state index in [1.165, 1.54) is 6.20 Å². The fraction of sp³-hybridized carbons (Fsp3) is 0.250. The summed E-state index contributed by atoms with van der Waals surface area (Å²) in [6, 6.07) is 0. The van der Waals surface area contributed by atoms with Gasteiger partial charge in [-0.15, -0.1) is 11.6 Å². The van der Waals surface area contributed by atoms with Gasteiger partial charge < -0.3 is 10.3 Å². The molecule has 0 aromatic heterocycles. The van der Waals surface area contributed by atoms with Crippen molar-refractivity contribution < 1.29 is 13.5 Å². The Labute approximate surface area is 112 Å². The van der Waals surface area contributed by atoms with Crippen molar-refractivity contribution in [2.75, 3.05) is 5.88 Å². The number of rotatable bonds is 2. The smallest absolute Gasteiger partial charge is 0.277 e. The summed E-state index contributed by atoms with van der Waals surface area (Å²) >= 11 is 6.01. The van der Waals surface area contributed by atoms with Crippen molar-refractivity contribution in [3.05, 3.63) is 53.4 Å². The van der Waals surface area contributed by atoms with Gasteiger partial charge in [0.15, 0.2) is 0 Å². The highest BCUT2D eigenvalue weighted by atomic mass is 35.5. The van der Waals surface area contributed by atoms with E-state index in [9.17, 15) is 13.6 Å². The van der Waals surface area contributed by atoms with E-state index in [0.717, 1.165) is 0 Å². The Balaban J connectivity index is 2.58. The lowest BCUT2D eigenvalue weighted by molar-refractivity contribution is -0.680. The zero-order valence-corrected chi connectivity index (χ0v) is 11.0. The Morgan fingerprint density at radius 3 is 2.72 bits per heavy atom. The second-order valence-electron chi connectivity index (χ2n) is 4.15. The molecule has 1 heterocycles. The first-order chi connectivity index (χ1) is 8.60. The van der Waals surface area contributed by atoms with Gasteiger partial charge in [0.05, 0.1) is 0 Å². The number of hydrogen-bond donors (Lipinski definition) is 1. The molecule has 0 fully saturated rings. The van der Waals surface area contributed by atoms with E-state index < -0.39 is 20.8 Å². The van der Waals surface area contributed by atoms with Gasteiger partial charge in [0, 0.05) is 16.9 Å². The SMILES string of the molecule is O=S(=O)=C1C(C2(CCl)C=CC=CC2)=CC=C[NH+]1[O-]. The summed E-state index contributed by atoms with van der Waals surface area (Å²) in [5.74, 6) is 0.224. The molecule has 0 radical (unpaired) electrons. The molecular weight excluding hydrogens is 274 g/mol. The highest BCUT2D eigenvalue weighted by Crippen LogP contribution is 2.37. The van der Waals surface area contributed by atoms with Crippen LogP contribution in [-0.2, 0) is 10.3 Å². The van der Waals surface area contributed by atoms with Crippen LogP contribution in [0.15, 0.2) is 48.2 Å². The van der Waals surface area contributed by atoms with Crippen LogP contribution in [0.5, 0.6) is 0 Å². The van der Waals surface area contributed by atoms with Crippen molar-refractivity contribution >= 4 is 26.9 Å². The Bertz CT molecular complexity index is 593. The zero-order valence-electron chi connectivity index (χ0n) is 9.47. The maximum atomic E-state index is 11.7. The number of hydroxylamine groups is 2. The first-order valence-electron chi connectivity index (χ1n) is 5.41. The van der Waals surface area contributed by atoms with Gasteiger partial charge in [-0.3, -0.25) is 0 Å². The topological polar surface area (TPSA) is 61.6 Å². The molecule has 1 aliphatic heterocycles. The molecule has 0 spiro atoms. The number of halogens is 1. The predicted molar refractivity (Wildman–Crippen MR) is 71.5 cm³/mol. The maximum absolute atomic E-state index is 11.7. The number of alkyl halides is 1. The van der Waals surface area contributed by atoms with Crippen molar-refractivity contribution in [2.24, 2.45) is 5.41 Å². The minimum Gasteiger partial charge on any atom is -0.623 e. The molecule has 2 unspecified atom stereocenters. The average molecular weight is 286 g/mol. The van der Waals surface area contributed by atoms with Crippen molar-refractivity contribution in [3.63, 3.8) is 0 Å². The van der Waals surface area contributed by atoms with Crippen molar-refractivity contribution in [3.8, 4) is 0 Å². The second-order valence-corrected chi connectivity index (χ2v) is 5.29. The molecule has 0 aromatic rings. The van der Waals surface area contributed by atoms with E-state index >= 15 is 0 Å². The summed E-state index contributed by atoms with van der Waals surface area (Å²) < 4.78 is 22.5. The number of hydrogen-bond acceptors (Lipinski definition) is 3. The van der Waals surface area contributed by atoms with Crippen LogP contribution in [0.1, 0.15) is 6.42 Å². The van der Waals surface area contributed by atoms with E-state index in [1.54, 1.807) is 12.2 Å². The molecule has 1 N–H and O–H groups in total. The monoisotopic (exact) mass is 285 g/mol. The fourth-order valence-electron chi connectivity index (χ4n) is 2.12. The van der Waals surface area contributed by atoms with E-state index in [2.05, 4.69) is 0 Å². The number of allylic oxidation sites excluding steroid dienone is 6. The van der Waals surface area contributed by atoms with Crippen molar-refractivity contribution in [2.45, 2.75) is 6.42 Å². The molecular formula is C12H12ClNO3S.